The largest absolute Gasteiger partial charge is 0.496 e. The Morgan fingerprint density at radius 3 is 2.37 bits per heavy atom. The van der Waals surface area contributed by atoms with Gasteiger partial charge in [0.2, 0.25) is 0 Å². The number of hydrogen-bond acceptors (Lipinski definition) is 2. The lowest BCUT2D eigenvalue weighted by molar-refractivity contribution is 0.232. The van der Waals surface area contributed by atoms with Crippen molar-refractivity contribution >= 4 is 15.9 Å². The summed E-state index contributed by atoms with van der Waals surface area (Å²) in [6, 6.07) is 4.14. The van der Waals surface area contributed by atoms with Gasteiger partial charge in [-0.25, -0.2) is 0 Å². The van der Waals surface area contributed by atoms with Gasteiger partial charge < -0.3 is 10.5 Å². The predicted octanol–water partition coefficient (Wildman–Crippen LogP) is 4.84. The Labute approximate surface area is 125 Å². The van der Waals surface area contributed by atoms with E-state index in [-0.39, 0.29) is 11.5 Å². The maximum Gasteiger partial charge on any atom is 0.123 e. The van der Waals surface area contributed by atoms with E-state index >= 15 is 0 Å². The fourth-order valence-corrected chi connectivity index (χ4v) is 2.36. The van der Waals surface area contributed by atoms with Gasteiger partial charge in [0, 0.05) is 16.1 Å². The van der Waals surface area contributed by atoms with Crippen LogP contribution in [-0.2, 0) is 0 Å². The first-order valence-electron chi connectivity index (χ1n) is 6.76. The molecule has 1 rings (SSSR count). The highest BCUT2D eigenvalue weighted by molar-refractivity contribution is 9.10. The van der Waals surface area contributed by atoms with E-state index in [4.69, 9.17) is 10.5 Å². The van der Waals surface area contributed by atoms with Gasteiger partial charge in [0.25, 0.3) is 0 Å². The fraction of sp³-hybridized carbons (Fsp3) is 0.625. The highest BCUT2D eigenvalue weighted by Crippen LogP contribution is 2.36. The monoisotopic (exact) mass is 327 g/mol. The Balaban J connectivity index is 2.99. The average Bonchev–Trinajstić information content (AvgIpc) is 2.30. The summed E-state index contributed by atoms with van der Waals surface area (Å²) >= 11 is 3.57. The quantitative estimate of drug-likeness (QED) is 0.858. The van der Waals surface area contributed by atoms with Crippen molar-refractivity contribution < 1.29 is 4.74 Å². The molecular weight excluding hydrogens is 302 g/mol. The average molecular weight is 328 g/mol. The molecule has 0 fully saturated rings. The van der Waals surface area contributed by atoms with Crippen molar-refractivity contribution in [2.75, 3.05) is 7.11 Å². The van der Waals surface area contributed by atoms with Crippen molar-refractivity contribution in [3.63, 3.8) is 0 Å². The van der Waals surface area contributed by atoms with Gasteiger partial charge in [0.15, 0.2) is 0 Å². The van der Waals surface area contributed by atoms with Crippen LogP contribution in [0.2, 0.25) is 0 Å². The van der Waals surface area contributed by atoms with Crippen LogP contribution in [-0.4, -0.2) is 7.11 Å². The van der Waals surface area contributed by atoms with E-state index < -0.39 is 0 Å². The van der Waals surface area contributed by atoms with E-state index in [1.165, 1.54) is 0 Å². The van der Waals surface area contributed by atoms with Crippen LogP contribution in [0.15, 0.2) is 16.6 Å². The second-order valence-corrected chi connectivity index (χ2v) is 7.31. The standard InChI is InChI=1S/C16H26BrNO/c1-10-7-15(19-6)12(9-13(10)17)14(18)8-11(2)16(3,4)5/h7,9,11,14H,8,18H2,1-6H3. The van der Waals surface area contributed by atoms with Crippen molar-refractivity contribution in [3.8, 4) is 5.75 Å². The van der Waals surface area contributed by atoms with Gasteiger partial charge in [0.1, 0.15) is 5.75 Å². The van der Waals surface area contributed by atoms with Gasteiger partial charge in [-0.2, -0.15) is 0 Å². The van der Waals surface area contributed by atoms with Crippen molar-refractivity contribution in [1.29, 1.82) is 0 Å². The molecular formula is C16H26BrNO. The maximum absolute atomic E-state index is 6.39. The summed E-state index contributed by atoms with van der Waals surface area (Å²) < 4.78 is 6.55. The molecule has 2 N–H and O–H groups in total. The Kier molecular flexibility index (Phi) is 5.45. The summed E-state index contributed by atoms with van der Waals surface area (Å²) in [4.78, 5) is 0. The predicted molar refractivity (Wildman–Crippen MR) is 85.6 cm³/mol. The molecule has 3 heteroatoms. The molecule has 0 amide bonds. The third-order valence-electron chi connectivity index (χ3n) is 4.00. The first-order chi connectivity index (χ1) is 8.66. The molecule has 19 heavy (non-hydrogen) atoms. The zero-order chi connectivity index (χ0) is 14.8. The Morgan fingerprint density at radius 2 is 1.89 bits per heavy atom. The molecule has 0 bridgehead atoms. The van der Waals surface area contributed by atoms with Crippen molar-refractivity contribution in [1.82, 2.24) is 0 Å². The third-order valence-corrected chi connectivity index (χ3v) is 4.85. The van der Waals surface area contributed by atoms with Gasteiger partial charge in [-0.15, -0.1) is 0 Å². The summed E-state index contributed by atoms with van der Waals surface area (Å²) in [5, 5.41) is 0. The molecule has 0 aromatic heterocycles. The maximum atomic E-state index is 6.39. The van der Waals surface area contributed by atoms with Crippen LogP contribution in [0.1, 0.15) is 51.3 Å². The topological polar surface area (TPSA) is 35.2 Å². The minimum Gasteiger partial charge on any atom is -0.496 e. The number of halogens is 1. The van der Waals surface area contributed by atoms with Crippen molar-refractivity contribution in [3.05, 3.63) is 27.7 Å². The molecule has 0 spiro atoms. The Bertz CT molecular complexity index is 437. The molecule has 0 saturated heterocycles. The van der Waals surface area contributed by atoms with Crippen LogP contribution < -0.4 is 10.5 Å². The summed E-state index contributed by atoms with van der Waals surface area (Å²) in [6.45, 7) is 11.1. The molecule has 1 aromatic rings. The molecule has 0 heterocycles. The van der Waals surface area contributed by atoms with Crippen LogP contribution >= 0.6 is 15.9 Å². The van der Waals surface area contributed by atoms with E-state index in [0.29, 0.717) is 5.92 Å². The second kappa shape index (κ2) is 6.27. The SMILES string of the molecule is COc1cc(C)c(Br)cc1C(N)CC(C)C(C)(C)C. The zero-order valence-electron chi connectivity index (χ0n) is 12.9. The number of benzene rings is 1. The van der Waals surface area contributed by atoms with Crippen LogP contribution in [0.25, 0.3) is 0 Å². The van der Waals surface area contributed by atoms with Gasteiger partial charge in [-0.05, 0) is 42.4 Å². The smallest absolute Gasteiger partial charge is 0.123 e. The van der Waals surface area contributed by atoms with Gasteiger partial charge in [0.05, 0.1) is 7.11 Å². The fourth-order valence-electron chi connectivity index (χ4n) is 2.00. The molecule has 108 valence electrons. The number of methoxy groups -OCH3 is 1. The van der Waals surface area contributed by atoms with Crippen LogP contribution in [0.4, 0.5) is 0 Å². The lowest BCUT2D eigenvalue weighted by atomic mass is 9.77. The highest BCUT2D eigenvalue weighted by Gasteiger charge is 2.24. The first-order valence-corrected chi connectivity index (χ1v) is 7.55. The molecule has 0 saturated carbocycles. The number of hydrogen-bond donors (Lipinski definition) is 1. The first kappa shape index (κ1) is 16.5. The second-order valence-electron chi connectivity index (χ2n) is 6.45. The number of rotatable bonds is 4. The highest BCUT2D eigenvalue weighted by atomic mass is 79.9. The lowest BCUT2D eigenvalue weighted by Gasteiger charge is -2.30. The molecule has 2 unspecified atom stereocenters. The Morgan fingerprint density at radius 1 is 1.32 bits per heavy atom. The van der Waals surface area contributed by atoms with E-state index in [1.54, 1.807) is 7.11 Å². The molecule has 0 aliphatic carbocycles. The third kappa shape index (κ3) is 4.22. The molecule has 0 aliphatic rings. The van der Waals surface area contributed by atoms with E-state index in [9.17, 15) is 0 Å². The minimum absolute atomic E-state index is 0.000995. The van der Waals surface area contributed by atoms with Gasteiger partial charge in [-0.1, -0.05) is 43.6 Å². The lowest BCUT2D eigenvalue weighted by Crippen LogP contribution is -2.23. The van der Waals surface area contributed by atoms with E-state index in [1.807, 2.05) is 6.07 Å². The van der Waals surface area contributed by atoms with Gasteiger partial charge in [-0.3, -0.25) is 0 Å². The van der Waals surface area contributed by atoms with Crippen molar-refractivity contribution in [2.24, 2.45) is 17.1 Å². The summed E-state index contributed by atoms with van der Waals surface area (Å²) in [5.74, 6) is 1.43. The molecule has 2 atom stereocenters. The zero-order valence-corrected chi connectivity index (χ0v) is 14.5. The normalized spacial score (nSPS) is 15.2. The Hall–Kier alpha value is -0.540. The minimum atomic E-state index is 0.000995. The van der Waals surface area contributed by atoms with Crippen molar-refractivity contribution in [2.45, 2.75) is 47.1 Å². The molecule has 0 radical (unpaired) electrons. The summed E-state index contributed by atoms with van der Waals surface area (Å²) in [7, 11) is 1.70. The van der Waals surface area contributed by atoms with Gasteiger partial charge >= 0.3 is 0 Å². The van der Waals surface area contributed by atoms with Crippen LogP contribution in [0, 0.1) is 18.3 Å². The van der Waals surface area contributed by atoms with Crippen LogP contribution in [0.3, 0.4) is 0 Å². The number of aryl methyl sites for hydroxylation is 1. The molecule has 2 nitrogen and oxygen atoms in total. The van der Waals surface area contributed by atoms with E-state index in [2.05, 4.69) is 56.6 Å². The number of ether oxygens (including phenoxy) is 1. The summed E-state index contributed by atoms with van der Waals surface area (Å²) in [5.41, 5.74) is 8.90. The van der Waals surface area contributed by atoms with Crippen LogP contribution in [0.5, 0.6) is 5.75 Å². The van der Waals surface area contributed by atoms with E-state index in [0.717, 1.165) is 27.8 Å². The molecule has 0 aliphatic heterocycles. The number of nitrogens with two attached hydrogens (primary N) is 1. The molecule has 1 aromatic carbocycles. The summed E-state index contributed by atoms with van der Waals surface area (Å²) in [6.07, 6.45) is 0.954.